The van der Waals surface area contributed by atoms with E-state index in [1.54, 1.807) is 4.90 Å². The van der Waals surface area contributed by atoms with Gasteiger partial charge in [-0.3, -0.25) is 4.98 Å². The topological polar surface area (TPSA) is 68.2 Å². The van der Waals surface area contributed by atoms with E-state index in [0.29, 0.717) is 24.2 Å². The molecule has 7 heteroatoms. The Morgan fingerprint density at radius 3 is 2.56 bits per heavy atom. The molecule has 1 aliphatic heterocycles. The maximum atomic E-state index is 12.2. The summed E-state index contributed by atoms with van der Waals surface area (Å²) < 4.78 is 5.44. The highest BCUT2D eigenvalue weighted by molar-refractivity contribution is 6.34. The van der Waals surface area contributed by atoms with Crippen LogP contribution in [0.1, 0.15) is 50.9 Å². The summed E-state index contributed by atoms with van der Waals surface area (Å²) in [7, 11) is 0. The lowest BCUT2D eigenvalue weighted by molar-refractivity contribution is 0.0204. The molecule has 0 radical (unpaired) electrons. The highest BCUT2D eigenvalue weighted by Gasteiger charge is 2.28. The molecule has 0 aliphatic carbocycles. The van der Waals surface area contributed by atoms with Crippen molar-refractivity contribution in [3.8, 4) is 0 Å². The van der Waals surface area contributed by atoms with Gasteiger partial charge in [-0.15, -0.1) is 5.10 Å². The van der Waals surface area contributed by atoms with Gasteiger partial charge in [0.05, 0.1) is 5.69 Å². The van der Waals surface area contributed by atoms with Gasteiger partial charge in [-0.2, -0.15) is 5.10 Å². The van der Waals surface area contributed by atoms with Crippen molar-refractivity contribution in [3.63, 3.8) is 0 Å². The number of pyridine rings is 1. The Morgan fingerprint density at radius 1 is 1.24 bits per heavy atom. The fourth-order valence-electron chi connectivity index (χ4n) is 3.06. The molecule has 1 aliphatic rings. The summed E-state index contributed by atoms with van der Waals surface area (Å²) >= 11 is 6.20. The number of nitrogens with zero attached hydrogens (tertiary/aromatic N) is 4. The molecule has 0 saturated carbocycles. The van der Waals surface area contributed by atoms with Gasteiger partial charge in [-0.1, -0.05) is 11.6 Å². The monoisotopic (exact) mass is 362 g/mol. The van der Waals surface area contributed by atoms with Crippen molar-refractivity contribution in [1.29, 1.82) is 0 Å². The Bertz CT molecular complexity index is 795. The average molecular weight is 363 g/mol. The molecule has 0 atom stereocenters. The Labute approximate surface area is 152 Å². The molecule has 1 saturated heterocycles. The molecule has 6 nitrogen and oxygen atoms in total. The maximum Gasteiger partial charge on any atom is 0.410 e. The molecule has 0 spiro atoms. The van der Waals surface area contributed by atoms with Crippen molar-refractivity contribution >= 4 is 28.5 Å². The maximum absolute atomic E-state index is 12.2. The van der Waals surface area contributed by atoms with Gasteiger partial charge >= 0.3 is 6.09 Å². The number of rotatable bonds is 1. The van der Waals surface area contributed by atoms with Crippen LogP contribution in [0.15, 0.2) is 12.3 Å². The highest BCUT2D eigenvalue weighted by Crippen LogP contribution is 2.31. The number of aromatic nitrogens is 3. The lowest BCUT2D eigenvalue weighted by atomic mass is 9.92. The molecular weight excluding hydrogens is 340 g/mol. The number of hydrogen-bond donors (Lipinski definition) is 0. The van der Waals surface area contributed by atoms with Gasteiger partial charge in [0.15, 0.2) is 5.15 Å². The second-order valence-electron chi connectivity index (χ2n) is 7.47. The largest absolute Gasteiger partial charge is 0.444 e. The molecule has 1 amide bonds. The van der Waals surface area contributed by atoms with Crippen molar-refractivity contribution in [3.05, 3.63) is 28.8 Å². The van der Waals surface area contributed by atoms with Crippen LogP contribution in [0.4, 0.5) is 4.79 Å². The van der Waals surface area contributed by atoms with E-state index in [9.17, 15) is 4.79 Å². The molecular formula is C18H23ClN4O2. The summed E-state index contributed by atoms with van der Waals surface area (Å²) in [6.45, 7) is 8.87. The van der Waals surface area contributed by atoms with E-state index in [2.05, 4.69) is 15.2 Å². The first-order valence-electron chi connectivity index (χ1n) is 8.51. The van der Waals surface area contributed by atoms with Crippen LogP contribution in [0.25, 0.3) is 10.8 Å². The van der Waals surface area contributed by atoms with E-state index in [1.165, 1.54) is 0 Å². The minimum absolute atomic E-state index is 0.244. The Balaban J connectivity index is 1.72. The zero-order valence-electron chi connectivity index (χ0n) is 15.0. The number of halogens is 1. The molecule has 0 unspecified atom stereocenters. The summed E-state index contributed by atoms with van der Waals surface area (Å²) in [5.41, 5.74) is 1.34. The third kappa shape index (κ3) is 4.00. The van der Waals surface area contributed by atoms with Gasteiger partial charge in [-0.25, -0.2) is 4.79 Å². The number of ether oxygens (including phenoxy) is 1. The molecule has 3 heterocycles. The van der Waals surface area contributed by atoms with E-state index >= 15 is 0 Å². The predicted octanol–water partition coefficient (Wildman–Crippen LogP) is 4.10. The second-order valence-corrected chi connectivity index (χ2v) is 7.83. The Kier molecular flexibility index (Phi) is 4.82. The zero-order chi connectivity index (χ0) is 18.2. The number of carbonyl (C=O) groups excluding carboxylic acids is 1. The van der Waals surface area contributed by atoms with Crippen LogP contribution in [0.5, 0.6) is 0 Å². The second kappa shape index (κ2) is 6.75. The molecule has 2 aromatic heterocycles. The van der Waals surface area contributed by atoms with Crippen molar-refractivity contribution in [2.75, 3.05) is 13.1 Å². The number of piperidine rings is 1. The van der Waals surface area contributed by atoms with E-state index in [1.807, 2.05) is 40.0 Å². The van der Waals surface area contributed by atoms with Gasteiger partial charge in [0.1, 0.15) is 5.60 Å². The predicted molar refractivity (Wildman–Crippen MR) is 96.9 cm³/mol. The normalized spacial score (nSPS) is 16.3. The van der Waals surface area contributed by atoms with Gasteiger partial charge in [0.2, 0.25) is 0 Å². The van der Waals surface area contributed by atoms with E-state index in [4.69, 9.17) is 16.3 Å². The number of hydrogen-bond acceptors (Lipinski definition) is 5. The number of carbonyl (C=O) groups is 1. The highest BCUT2D eigenvalue weighted by atomic mass is 35.5. The number of amides is 1. The van der Waals surface area contributed by atoms with Crippen LogP contribution in [0.2, 0.25) is 5.15 Å². The van der Waals surface area contributed by atoms with Crippen LogP contribution < -0.4 is 0 Å². The van der Waals surface area contributed by atoms with Crippen molar-refractivity contribution in [2.24, 2.45) is 0 Å². The number of fused-ring (bicyclic) bond motifs is 1. The summed E-state index contributed by atoms with van der Waals surface area (Å²) in [6, 6.07) is 2.01. The van der Waals surface area contributed by atoms with E-state index in [-0.39, 0.29) is 6.09 Å². The Hall–Kier alpha value is -1.95. The van der Waals surface area contributed by atoms with Crippen LogP contribution >= 0.6 is 11.6 Å². The first-order valence-corrected chi connectivity index (χ1v) is 8.89. The molecule has 25 heavy (non-hydrogen) atoms. The molecule has 0 aromatic carbocycles. The van der Waals surface area contributed by atoms with Gasteiger partial charge in [0.25, 0.3) is 0 Å². The summed E-state index contributed by atoms with van der Waals surface area (Å²) in [6.07, 6.45) is 3.28. The lowest BCUT2D eigenvalue weighted by Crippen LogP contribution is -2.41. The van der Waals surface area contributed by atoms with Crippen LogP contribution in [0.3, 0.4) is 0 Å². The van der Waals surface area contributed by atoms with Gasteiger partial charge < -0.3 is 9.64 Å². The smallest absolute Gasteiger partial charge is 0.410 e. The molecule has 134 valence electrons. The van der Waals surface area contributed by atoms with Crippen LogP contribution in [-0.4, -0.2) is 44.9 Å². The van der Waals surface area contributed by atoms with Crippen molar-refractivity contribution < 1.29 is 9.53 Å². The summed E-state index contributed by atoms with van der Waals surface area (Å²) in [5, 5.41) is 10.2. The molecule has 2 aromatic rings. The summed E-state index contributed by atoms with van der Waals surface area (Å²) in [4.78, 5) is 18.5. The first kappa shape index (κ1) is 17.9. The molecule has 1 fully saturated rings. The average Bonchev–Trinajstić information content (AvgIpc) is 2.57. The molecule has 3 rings (SSSR count). The van der Waals surface area contributed by atoms with Crippen LogP contribution in [0, 0.1) is 6.92 Å². The van der Waals surface area contributed by atoms with E-state index in [0.717, 1.165) is 35.0 Å². The standard InChI is InChI=1S/C18H23ClN4O2/c1-11-14-10-20-15(9-13(14)16(19)22-21-11)12-5-7-23(8-6-12)17(24)25-18(2,3)4/h9-10,12H,5-8H2,1-4H3. The fraction of sp³-hybridized carbons (Fsp3) is 0.556. The van der Waals surface area contributed by atoms with E-state index < -0.39 is 5.60 Å². The van der Waals surface area contributed by atoms with Crippen LogP contribution in [-0.2, 0) is 4.74 Å². The molecule has 0 N–H and O–H groups in total. The Morgan fingerprint density at radius 2 is 1.92 bits per heavy atom. The minimum atomic E-state index is -0.469. The van der Waals surface area contributed by atoms with Crippen molar-refractivity contribution in [1.82, 2.24) is 20.1 Å². The lowest BCUT2D eigenvalue weighted by Gasteiger charge is -2.33. The summed E-state index contributed by atoms with van der Waals surface area (Å²) in [5.74, 6) is 0.299. The first-order chi connectivity index (χ1) is 11.7. The zero-order valence-corrected chi connectivity index (χ0v) is 15.8. The SMILES string of the molecule is Cc1nnc(Cl)c2cc(C3CCN(C(=O)OC(C)(C)C)CC3)ncc12. The van der Waals surface area contributed by atoms with Crippen molar-refractivity contribution in [2.45, 2.75) is 52.1 Å². The quantitative estimate of drug-likeness (QED) is 0.763. The fourth-order valence-corrected chi connectivity index (χ4v) is 3.26. The number of likely N-dealkylation sites (tertiary alicyclic amines) is 1. The third-order valence-corrected chi connectivity index (χ3v) is 4.67. The van der Waals surface area contributed by atoms with Gasteiger partial charge in [0, 0.05) is 41.7 Å². The minimum Gasteiger partial charge on any atom is -0.444 e. The third-order valence-electron chi connectivity index (χ3n) is 4.39. The molecule has 0 bridgehead atoms. The number of aryl methyl sites for hydroxylation is 1. The van der Waals surface area contributed by atoms with Gasteiger partial charge in [-0.05, 0) is 46.6 Å².